The highest BCUT2D eigenvalue weighted by Gasteiger charge is 2.52. The molecule has 2 rings (SSSR count). The minimum Gasteiger partial charge on any atom is -0.496 e. The number of nitrogens with zero attached hydrogens (tertiary/aromatic N) is 1. The summed E-state index contributed by atoms with van der Waals surface area (Å²) >= 11 is 0. The fourth-order valence-corrected chi connectivity index (χ4v) is 5.35. The highest BCUT2D eigenvalue weighted by Crippen LogP contribution is 2.45. The van der Waals surface area contributed by atoms with Gasteiger partial charge >= 0.3 is 0 Å². The summed E-state index contributed by atoms with van der Waals surface area (Å²) in [5.41, 5.74) is -0.264. The third kappa shape index (κ3) is 34.6. The molecular formula is C48H100N4O5. The van der Waals surface area contributed by atoms with Crippen LogP contribution in [-0.4, -0.2) is 66.6 Å². The maximum absolute atomic E-state index is 13.1. The molecule has 1 saturated carbocycles. The van der Waals surface area contributed by atoms with Gasteiger partial charge < -0.3 is 25.6 Å². The predicted octanol–water partition coefficient (Wildman–Crippen LogP) is 12.1. The summed E-state index contributed by atoms with van der Waals surface area (Å²) in [6.07, 6.45) is 8.98. The number of rotatable bonds is 14. The average molecular weight is 813 g/mol. The maximum atomic E-state index is 13.1. The summed E-state index contributed by atoms with van der Waals surface area (Å²) in [6, 6.07) is -0.632. The minimum absolute atomic E-state index is 0.0125. The van der Waals surface area contributed by atoms with E-state index in [9.17, 15) is 19.2 Å². The van der Waals surface area contributed by atoms with E-state index in [1.165, 1.54) is 12.8 Å². The molecule has 9 nitrogen and oxygen atoms in total. The first kappa shape index (κ1) is 68.6. The molecule has 3 unspecified atom stereocenters. The molecule has 0 aromatic heterocycles. The molecule has 1 aliphatic carbocycles. The Morgan fingerprint density at radius 3 is 1.56 bits per heavy atom. The van der Waals surface area contributed by atoms with Crippen molar-refractivity contribution < 1.29 is 23.9 Å². The van der Waals surface area contributed by atoms with Crippen LogP contribution in [-0.2, 0) is 23.9 Å². The van der Waals surface area contributed by atoms with Crippen molar-refractivity contribution in [2.75, 3.05) is 20.1 Å². The Balaban J connectivity index is -0.000000123. The molecule has 57 heavy (non-hydrogen) atoms. The molecule has 0 radical (unpaired) electrons. The van der Waals surface area contributed by atoms with Crippen molar-refractivity contribution in [3.8, 4) is 0 Å². The second-order valence-electron chi connectivity index (χ2n) is 14.3. The number of carbonyl (C=O) groups excluding carboxylic acids is 4. The summed E-state index contributed by atoms with van der Waals surface area (Å²) < 4.78 is 5.06. The Labute approximate surface area is 356 Å². The van der Waals surface area contributed by atoms with Crippen molar-refractivity contribution in [1.29, 1.82) is 0 Å². The third-order valence-corrected chi connectivity index (χ3v) is 7.65. The van der Waals surface area contributed by atoms with Gasteiger partial charge in [-0.15, -0.1) is 6.58 Å². The zero-order chi connectivity index (χ0) is 46.9. The van der Waals surface area contributed by atoms with E-state index in [0.29, 0.717) is 30.7 Å². The van der Waals surface area contributed by atoms with Gasteiger partial charge in [0.25, 0.3) is 5.91 Å². The molecule has 342 valence electrons. The standard InChI is InChI=1S/C17H29N3O2.C11H19NO2.C6H12O.2C3H8.4C2H6/c1-10(21)14-13-8-7-12(13)9-20(14)16(22)15(17(3,4)5)19-11(2)18-6;1-4-7-9(6-3)10(13)11(14)12-8-5-2;1-5(2)7-6(3)4;2*1-3-2;4*1-2/h12-15,18-19H,2,7-9H2,1,3-6H3;5,9H,2,4,6-8H2,1,3H3,(H,12,14);6H,1H2,2-4H3;2*3H2,1-2H3;4*1-2H3/t12-,13-,14?,15?;;;;;;;;/m0......../s1. The van der Waals surface area contributed by atoms with Crippen LogP contribution in [0.15, 0.2) is 37.4 Å². The predicted molar refractivity (Wildman–Crippen MR) is 252 cm³/mol. The van der Waals surface area contributed by atoms with Gasteiger partial charge in [0.2, 0.25) is 11.7 Å². The molecule has 1 saturated heterocycles. The third-order valence-electron chi connectivity index (χ3n) is 7.65. The molecule has 1 heterocycles. The van der Waals surface area contributed by atoms with Gasteiger partial charge in [-0.3, -0.25) is 19.2 Å². The van der Waals surface area contributed by atoms with Gasteiger partial charge in [-0.1, -0.05) is 156 Å². The van der Waals surface area contributed by atoms with Crippen LogP contribution >= 0.6 is 0 Å². The van der Waals surface area contributed by atoms with E-state index in [-0.39, 0.29) is 41.0 Å². The number of ketones is 2. The average Bonchev–Trinajstić information content (AvgIpc) is 3.44. The fraction of sp³-hybridized carbons (Fsp3) is 0.792. The molecular weight excluding hydrogens is 713 g/mol. The van der Waals surface area contributed by atoms with Gasteiger partial charge in [0.15, 0.2) is 5.78 Å². The second kappa shape index (κ2) is 45.6. The topological polar surface area (TPSA) is 117 Å². The first-order valence-corrected chi connectivity index (χ1v) is 22.5. The molecule has 2 fully saturated rings. The van der Waals surface area contributed by atoms with Crippen molar-refractivity contribution in [2.45, 2.75) is 209 Å². The van der Waals surface area contributed by atoms with Crippen LogP contribution in [0.4, 0.5) is 0 Å². The fourth-order valence-electron chi connectivity index (χ4n) is 5.35. The van der Waals surface area contributed by atoms with E-state index in [2.05, 4.69) is 63.4 Å². The van der Waals surface area contributed by atoms with E-state index < -0.39 is 11.9 Å². The molecule has 0 aromatic carbocycles. The Bertz CT molecular complexity index is 1000. The Kier molecular flexibility index (Phi) is 54.9. The zero-order valence-electron chi connectivity index (χ0n) is 42.0. The molecule has 9 heteroatoms. The smallest absolute Gasteiger partial charge is 0.287 e. The number of ether oxygens (including phenoxy) is 1. The number of hydrogen-bond donors (Lipinski definition) is 3. The van der Waals surface area contributed by atoms with Crippen LogP contribution in [0.3, 0.4) is 0 Å². The summed E-state index contributed by atoms with van der Waals surface area (Å²) in [7, 11) is 1.77. The Hall–Kier alpha value is -3.10. The summed E-state index contributed by atoms with van der Waals surface area (Å²) in [5.74, 6) is 1.51. The number of hydrogen-bond acceptors (Lipinski definition) is 7. The summed E-state index contributed by atoms with van der Waals surface area (Å²) in [4.78, 5) is 49.8. The van der Waals surface area contributed by atoms with Gasteiger partial charge in [-0.2, -0.15) is 0 Å². The normalized spacial score (nSPS) is 16.1. The lowest BCUT2D eigenvalue weighted by Gasteiger charge is -2.37. The van der Waals surface area contributed by atoms with Crippen LogP contribution in [0, 0.1) is 23.2 Å². The number of Topliss-reactive ketones (excluding diaryl/α,β-unsaturated/α-hetero) is 2. The lowest BCUT2D eigenvalue weighted by molar-refractivity contribution is -0.141. The second-order valence-corrected chi connectivity index (χ2v) is 14.3. The first-order valence-electron chi connectivity index (χ1n) is 22.5. The summed E-state index contributed by atoms with van der Waals surface area (Å²) in [5, 5.41) is 8.62. The van der Waals surface area contributed by atoms with Gasteiger partial charge in [-0.25, -0.2) is 0 Å². The van der Waals surface area contributed by atoms with Crippen molar-refractivity contribution >= 4 is 23.4 Å². The minimum atomic E-state index is -0.481. The van der Waals surface area contributed by atoms with Gasteiger partial charge in [0.1, 0.15) is 6.04 Å². The number of amides is 2. The first-order chi connectivity index (χ1) is 26.8. The highest BCUT2D eigenvalue weighted by atomic mass is 16.5. The van der Waals surface area contributed by atoms with Crippen LogP contribution in [0.5, 0.6) is 0 Å². The molecule has 0 aromatic rings. The Morgan fingerprint density at radius 2 is 1.30 bits per heavy atom. The largest absolute Gasteiger partial charge is 0.496 e. The van der Waals surface area contributed by atoms with Crippen molar-refractivity contribution in [3.05, 3.63) is 37.4 Å². The lowest BCUT2D eigenvalue weighted by atomic mass is 9.72. The monoisotopic (exact) mass is 813 g/mol. The van der Waals surface area contributed by atoms with E-state index in [1.54, 1.807) is 20.0 Å². The highest BCUT2D eigenvalue weighted by molar-refractivity contribution is 6.36. The van der Waals surface area contributed by atoms with E-state index in [1.807, 2.05) is 116 Å². The maximum Gasteiger partial charge on any atom is 0.287 e. The van der Waals surface area contributed by atoms with E-state index in [4.69, 9.17) is 4.74 Å². The molecule has 3 N–H and O–H groups in total. The number of allylic oxidation sites excluding steroid dienone is 1. The van der Waals surface area contributed by atoms with Gasteiger partial charge in [0, 0.05) is 26.1 Å². The SMILES string of the molecule is C=C(C)OC(C)C.C=C(NC)NC(C(=O)N1C[C@@H]2CC[C@@H]2C1C(C)=O)C(C)(C)C.C=CCNC(=O)C(=O)C(CC)CCC.CC.CC.CC.CC.CCC.CCC. The number of nitrogens with one attached hydrogen (secondary N) is 3. The van der Waals surface area contributed by atoms with Crippen LogP contribution in [0.2, 0.25) is 0 Å². The van der Waals surface area contributed by atoms with Crippen molar-refractivity contribution in [2.24, 2.45) is 23.2 Å². The molecule has 0 bridgehead atoms. The molecule has 2 aliphatic rings. The molecule has 1 aliphatic heterocycles. The molecule has 2 amide bonds. The van der Waals surface area contributed by atoms with Crippen molar-refractivity contribution in [1.82, 2.24) is 20.9 Å². The quantitative estimate of drug-likeness (QED) is 0.0908. The Morgan fingerprint density at radius 1 is 0.842 bits per heavy atom. The molecule has 5 atom stereocenters. The van der Waals surface area contributed by atoms with Crippen molar-refractivity contribution in [3.63, 3.8) is 0 Å². The number of likely N-dealkylation sites (tertiary alicyclic amines) is 1. The van der Waals surface area contributed by atoms with Crippen LogP contribution < -0.4 is 16.0 Å². The molecule has 0 spiro atoms. The van der Waals surface area contributed by atoms with Gasteiger partial charge in [0.05, 0.1) is 23.7 Å². The van der Waals surface area contributed by atoms with Crippen LogP contribution in [0.1, 0.15) is 190 Å². The lowest BCUT2D eigenvalue weighted by Crippen LogP contribution is -2.56. The number of fused-ring (bicyclic) bond motifs is 1. The van der Waals surface area contributed by atoms with Gasteiger partial charge in [-0.05, 0) is 70.6 Å². The van der Waals surface area contributed by atoms with Crippen LogP contribution in [0.25, 0.3) is 0 Å². The van der Waals surface area contributed by atoms with E-state index in [0.717, 1.165) is 37.9 Å². The van der Waals surface area contributed by atoms with E-state index >= 15 is 0 Å². The zero-order valence-corrected chi connectivity index (χ0v) is 42.0. The summed E-state index contributed by atoms with van der Waals surface area (Å²) in [6.45, 7) is 53.9. The number of carbonyl (C=O) groups is 4.